The summed E-state index contributed by atoms with van der Waals surface area (Å²) >= 11 is 0. The fourth-order valence-corrected chi connectivity index (χ4v) is 3.72. The first-order chi connectivity index (χ1) is 7.77. The molecule has 5 nitrogen and oxygen atoms in total. The van der Waals surface area contributed by atoms with Crippen molar-refractivity contribution in [1.29, 1.82) is 0 Å². The van der Waals surface area contributed by atoms with Crippen LogP contribution in [0.5, 0.6) is 0 Å². The molecule has 1 aliphatic heterocycles. The Balaban J connectivity index is 2.64. The van der Waals surface area contributed by atoms with Crippen molar-refractivity contribution < 1.29 is 13.2 Å². The predicted molar refractivity (Wildman–Crippen MR) is 68.5 cm³/mol. The van der Waals surface area contributed by atoms with E-state index in [4.69, 9.17) is 4.74 Å². The summed E-state index contributed by atoms with van der Waals surface area (Å²) in [7, 11) is -3.17. The summed E-state index contributed by atoms with van der Waals surface area (Å²) in [6, 6.07) is 0. The minimum atomic E-state index is -3.17. The first-order valence-electron chi connectivity index (χ1n) is 6.13. The molecule has 0 aromatic rings. The van der Waals surface area contributed by atoms with E-state index in [2.05, 4.69) is 5.32 Å². The van der Waals surface area contributed by atoms with E-state index in [0.29, 0.717) is 19.6 Å². The van der Waals surface area contributed by atoms with Gasteiger partial charge in [-0.15, -0.1) is 0 Å². The average Bonchev–Trinajstić information content (AvgIpc) is 2.14. The molecule has 0 spiro atoms. The van der Waals surface area contributed by atoms with Crippen molar-refractivity contribution in [2.75, 3.05) is 31.9 Å². The van der Waals surface area contributed by atoms with Gasteiger partial charge < -0.3 is 10.1 Å². The largest absolute Gasteiger partial charge is 0.370 e. The van der Waals surface area contributed by atoms with Crippen LogP contribution in [0.2, 0.25) is 0 Å². The SMILES string of the molecule is CCNCCS(=O)(=O)N1CC(C)OC(C)(C)C1. The van der Waals surface area contributed by atoms with Crippen LogP contribution in [-0.4, -0.2) is 56.4 Å². The molecule has 0 radical (unpaired) electrons. The monoisotopic (exact) mass is 264 g/mol. The van der Waals surface area contributed by atoms with E-state index in [-0.39, 0.29) is 11.9 Å². The van der Waals surface area contributed by atoms with E-state index in [0.717, 1.165) is 6.54 Å². The summed E-state index contributed by atoms with van der Waals surface area (Å²) in [5, 5.41) is 3.04. The van der Waals surface area contributed by atoms with Gasteiger partial charge in [0.2, 0.25) is 10.0 Å². The van der Waals surface area contributed by atoms with E-state index < -0.39 is 15.6 Å². The summed E-state index contributed by atoms with van der Waals surface area (Å²) in [4.78, 5) is 0. The zero-order valence-electron chi connectivity index (χ0n) is 11.2. The Bertz CT molecular complexity index is 341. The van der Waals surface area contributed by atoms with Crippen molar-refractivity contribution in [2.45, 2.75) is 39.4 Å². The maximum absolute atomic E-state index is 12.1. The van der Waals surface area contributed by atoms with Gasteiger partial charge in [-0.05, 0) is 27.3 Å². The van der Waals surface area contributed by atoms with E-state index in [1.54, 1.807) is 4.31 Å². The topological polar surface area (TPSA) is 58.6 Å². The number of rotatable bonds is 5. The lowest BCUT2D eigenvalue weighted by Gasteiger charge is -2.40. The van der Waals surface area contributed by atoms with Crippen molar-refractivity contribution >= 4 is 10.0 Å². The van der Waals surface area contributed by atoms with Crippen LogP contribution in [0.25, 0.3) is 0 Å². The maximum Gasteiger partial charge on any atom is 0.215 e. The first-order valence-corrected chi connectivity index (χ1v) is 7.74. The highest BCUT2D eigenvalue weighted by atomic mass is 32.2. The fraction of sp³-hybridized carbons (Fsp3) is 1.00. The van der Waals surface area contributed by atoms with Gasteiger partial charge in [0.25, 0.3) is 0 Å². The van der Waals surface area contributed by atoms with E-state index in [1.807, 2.05) is 27.7 Å². The Kier molecular flexibility index (Phi) is 4.95. The van der Waals surface area contributed by atoms with Crippen LogP contribution in [-0.2, 0) is 14.8 Å². The molecule has 17 heavy (non-hydrogen) atoms. The minimum absolute atomic E-state index is 0.0485. The summed E-state index contributed by atoms with van der Waals surface area (Å²) in [5.74, 6) is 0.156. The number of morpholine rings is 1. The molecule has 1 aliphatic rings. The highest BCUT2D eigenvalue weighted by molar-refractivity contribution is 7.89. The molecular weight excluding hydrogens is 240 g/mol. The van der Waals surface area contributed by atoms with Crippen LogP contribution in [0.4, 0.5) is 0 Å². The third kappa shape index (κ3) is 4.54. The molecule has 0 aromatic carbocycles. The van der Waals surface area contributed by atoms with E-state index >= 15 is 0 Å². The maximum atomic E-state index is 12.1. The number of hydrogen-bond donors (Lipinski definition) is 1. The number of hydrogen-bond acceptors (Lipinski definition) is 4. The number of nitrogens with one attached hydrogen (secondary N) is 1. The molecule has 1 fully saturated rings. The Morgan fingerprint density at radius 3 is 2.65 bits per heavy atom. The van der Waals surface area contributed by atoms with Crippen LogP contribution in [0.1, 0.15) is 27.7 Å². The number of ether oxygens (including phenoxy) is 1. The third-order valence-electron chi connectivity index (χ3n) is 2.72. The van der Waals surface area contributed by atoms with Crippen molar-refractivity contribution in [3.05, 3.63) is 0 Å². The highest BCUT2D eigenvalue weighted by Crippen LogP contribution is 2.22. The van der Waals surface area contributed by atoms with E-state index in [1.165, 1.54) is 0 Å². The van der Waals surface area contributed by atoms with Gasteiger partial charge in [0.1, 0.15) is 0 Å². The third-order valence-corrected chi connectivity index (χ3v) is 4.50. The molecule has 1 N–H and O–H groups in total. The number of sulfonamides is 1. The second-order valence-corrected chi connectivity index (χ2v) is 7.24. The molecule has 0 aliphatic carbocycles. The normalized spacial score (nSPS) is 26.0. The first kappa shape index (κ1) is 14.9. The Labute approximate surface area is 105 Å². The second kappa shape index (κ2) is 5.65. The summed E-state index contributed by atoms with van der Waals surface area (Å²) < 4.78 is 31.5. The molecule has 6 heteroatoms. The average molecular weight is 264 g/mol. The van der Waals surface area contributed by atoms with E-state index in [9.17, 15) is 8.42 Å². The van der Waals surface area contributed by atoms with Crippen molar-refractivity contribution in [1.82, 2.24) is 9.62 Å². The fourth-order valence-electron chi connectivity index (χ4n) is 2.11. The van der Waals surface area contributed by atoms with Crippen molar-refractivity contribution in [3.8, 4) is 0 Å². The van der Waals surface area contributed by atoms with Gasteiger partial charge in [-0.2, -0.15) is 4.31 Å². The molecule has 0 amide bonds. The zero-order valence-corrected chi connectivity index (χ0v) is 12.0. The van der Waals surface area contributed by atoms with Crippen LogP contribution in [0.15, 0.2) is 0 Å². The van der Waals surface area contributed by atoms with Crippen LogP contribution in [0, 0.1) is 0 Å². The van der Waals surface area contributed by atoms with Gasteiger partial charge >= 0.3 is 0 Å². The molecule has 0 saturated carbocycles. The lowest BCUT2D eigenvalue weighted by atomic mass is 10.1. The summed E-state index contributed by atoms with van der Waals surface area (Å²) in [6.45, 7) is 9.92. The lowest BCUT2D eigenvalue weighted by Crippen LogP contribution is -2.54. The minimum Gasteiger partial charge on any atom is -0.370 e. The quantitative estimate of drug-likeness (QED) is 0.731. The van der Waals surface area contributed by atoms with Gasteiger partial charge in [0.05, 0.1) is 17.5 Å². The van der Waals surface area contributed by atoms with Crippen LogP contribution in [0.3, 0.4) is 0 Å². The molecule has 0 bridgehead atoms. The molecule has 1 atom stereocenters. The van der Waals surface area contributed by atoms with Gasteiger partial charge in [0.15, 0.2) is 0 Å². The van der Waals surface area contributed by atoms with Crippen LogP contribution >= 0.6 is 0 Å². The molecular formula is C11H24N2O3S. The second-order valence-electron chi connectivity index (χ2n) is 5.15. The predicted octanol–water partition coefficient (Wildman–Crippen LogP) is 0.425. The highest BCUT2D eigenvalue weighted by Gasteiger charge is 2.36. The molecule has 1 unspecified atom stereocenters. The van der Waals surface area contributed by atoms with Crippen molar-refractivity contribution in [3.63, 3.8) is 0 Å². The van der Waals surface area contributed by atoms with Gasteiger partial charge in [-0.3, -0.25) is 0 Å². The molecule has 102 valence electrons. The molecule has 1 rings (SSSR count). The molecule has 1 heterocycles. The summed E-state index contributed by atoms with van der Waals surface area (Å²) in [6.07, 6.45) is -0.0485. The van der Waals surface area contributed by atoms with Crippen molar-refractivity contribution in [2.24, 2.45) is 0 Å². The summed E-state index contributed by atoms with van der Waals surface area (Å²) in [5.41, 5.74) is -0.400. The van der Waals surface area contributed by atoms with Gasteiger partial charge in [0, 0.05) is 19.6 Å². The van der Waals surface area contributed by atoms with Gasteiger partial charge in [-0.25, -0.2) is 8.42 Å². The lowest BCUT2D eigenvalue weighted by molar-refractivity contribution is -0.109. The number of nitrogens with zero attached hydrogens (tertiary/aromatic N) is 1. The zero-order chi connectivity index (χ0) is 13.1. The van der Waals surface area contributed by atoms with Gasteiger partial charge in [-0.1, -0.05) is 6.92 Å². The Morgan fingerprint density at radius 2 is 2.12 bits per heavy atom. The molecule has 1 saturated heterocycles. The standard InChI is InChI=1S/C11H24N2O3S/c1-5-12-6-7-17(14,15)13-8-10(2)16-11(3,4)9-13/h10,12H,5-9H2,1-4H3. The van der Waals surface area contributed by atoms with Crippen LogP contribution < -0.4 is 5.32 Å². The smallest absolute Gasteiger partial charge is 0.215 e. The Hall–Kier alpha value is -0.170. The molecule has 0 aromatic heterocycles. The Morgan fingerprint density at radius 1 is 1.47 bits per heavy atom.